The number of carbonyl (C=O) groups is 1. The number of thioether (sulfide) groups is 1. The average Bonchev–Trinajstić information content (AvgIpc) is 3.06. The second kappa shape index (κ2) is 9.05. The zero-order valence-electron chi connectivity index (χ0n) is 15.0. The Bertz CT molecular complexity index is 686. The molecule has 0 spiro atoms. The van der Waals surface area contributed by atoms with E-state index in [-0.39, 0.29) is 11.4 Å². The molecule has 2 rings (SSSR count). The van der Waals surface area contributed by atoms with Gasteiger partial charge in [0, 0.05) is 12.1 Å². The van der Waals surface area contributed by atoms with E-state index in [0.717, 1.165) is 27.2 Å². The van der Waals surface area contributed by atoms with Crippen LogP contribution in [0.15, 0.2) is 28.6 Å². The molecule has 8 heteroatoms. The summed E-state index contributed by atoms with van der Waals surface area (Å²) in [5.41, 5.74) is 0.954. The van der Waals surface area contributed by atoms with Crippen LogP contribution in [-0.4, -0.2) is 34.5 Å². The third-order valence-corrected chi connectivity index (χ3v) is 5.71. The van der Waals surface area contributed by atoms with Crippen molar-refractivity contribution >= 4 is 34.1 Å². The highest BCUT2D eigenvalue weighted by Crippen LogP contribution is 2.26. The lowest BCUT2D eigenvalue weighted by atomic mass is 10.0. The van der Waals surface area contributed by atoms with Crippen molar-refractivity contribution in [2.75, 3.05) is 18.2 Å². The lowest BCUT2D eigenvalue weighted by Gasteiger charge is -2.24. The molecule has 0 saturated heterocycles. The smallest absolute Gasteiger partial charge is 0.230 e. The van der Waals surface area contributed by atoms with Crippen LogP contribution in [0.1, 0.15) is 32.8 Å². The Balaban J connectivity index is 1.78. The number of nitrogens with zero attached hydrogens (tertiary/aromatic N) is 2. The Kier molecular flexibility index (Phi) is 7.07. The van der Waals surface area contributed by atoms with Crippen molar-refractivity contribution in [1.29, 1.82) is 0 Å². The molecule has 0 atom stereocenters. The van der Waals surface area contributed by atoms with Crippen LogP contribution in [0.5, 0.6) is 5.75 Å². The quantitative estimate of drug-likeness (QED) is 0.648. The molecule has 25 heavy (non-hydrogen) atoms. The molecular weight excluding hydrogens is 356 g/mol. The van der Waals surface area contributed by atoms with Crippen molar-refractivity contribution in [3.8, 4) is 5.75 Å². The van der Waals surface area contributed by atoms with Crippen LogP contribution in [-0.2, 0) is 11.3 Å². The van der Waals surface area contributed by atoms with Gasteiger partial charge in [-0.05, 0) is 38.0 Å². The molecule has 0 radical (unpaired) electrons. The molecule has 0 unspecified atom stereocenters. The van der Waals surface area contributed by atoms with E-state index < -0.39 is 0 Å². The van der Waals surface area contributed by atoms with E-state index in [1.807, 2.05) is 38.1 Å². The van der Waals surface area contributed by atoms with Crippen molar-refractivity contribution in [2.24, 2.45) is 0 Å². The fourth-order valence-electron chi connectivity index (χ4n) is 1.89. The predicted molar refractivity (Wildman–Crippen MR) is 103 cm³/mol. The summed E-state index contributed by atoms with van der Waals surface area (Å²) in [5, 5.41) is 15.2. The van der Waals surface area contributed by atoms with Gasteiger partial charge in [-0.2, -0.15) is 0 Å². The molecule has 136 valence electrons. The molecule has 6 nitrogen and oxygen atoms in total. The number of amides is 1. The summed E-state index contributed by atoms with van der Waals surface area (Å²) < 4.78 is 5.92. The normalized spacial score (nSPS) is 11.2. The second-order valence-electron chi connectivity index (χ2n) is 6.15. The number of hydrogen-bond donors (Lipinski definition) is 2. The molecular formula is C17H24N4O2S2. The minimum absolute atomic E-state index is 0.0137. The van der Waals surface area contributed by atoms with Crippen LogP contribution in [0.4, 0.5) is 5.13 Å². The van der Waals surface area contributed by atoms with Gasteiger partial charge in [0.15, 0.2) is 4.34 Å². The molecule has 2 N–H and O–H groups in total. The Morgan fingerprint density at radius 1 is 1.28 bits per heavy atom. The first-order valence-electron chi connectivity index (χ1n) is 8.06. The molecule has 1 heterocycles. The maximum atomic E-state index is 12.0. The number of rotatable bonds is 9. The van der Waals surface area contributed by atoms with Crippen LogP contribution in [0.2, 0.25) is 0 Å². The summed E-state index contributed by atoms with van der Waals surface area (Å²) in [6.45, 7) is 6.75. The summed E-state index contributed by atoms with van der Waals surface area (Å²) in [4.78, 5) is 12.0. The fourth-order valence-corrected chi connectivity index (χ4v) is 3.44. The topological polar surface area (TPSA) is 76.1 Å². The standard InChI is InChI=1S/C17H24N4O2S2/c1-5-17(2,3)19-14(22)11-24-16-21-20-15(25-16)18-10-12-6-8-13(23-4)9-7-12/h6-9H,5,10-11H2,1-4H3,(H,18,20)(H,19,22). The van der Waals surface area contributed by atoms with E-state index in [1.54, 1.807) is 7.11 Å². The molecule has 1 aromatic heterocycles. The summed E-state index contributed by atoms with van der Waals surface area (Å²) in [5.74, 6) is 1.19. The number of benzene rings is 1. The van der Waals surface area contributed by atoms with Crippen LogP contribution in [0, 0.1) is 0 Å². The largest absolute Gasteiger partial charge is 0.497 e. The third-order valence-electron chi connectivity index (χ3n) is 3.70. The van der Waals surface area contributed by atoms with Gasteiger partial charge in [-0.15, -0.1) is 10.2 Å². The number of hydrogen-bond acceptors (Lipinski definition) is 7. The minimum atomic E-state index is -0.177. The van der Waals surface area contributed by atoms with Crippen molar-refractivity contribution in [3.63, 3.8) is 0 Å². The summed E-state index contributed by atoms with van der Waals surface area (Å²) in [6, 6.07) is 7.86. The molecule has 0 aliphatic heterocycles. The van der Waals surface area contributed by atoms with Crippen LogP contribution >= 0.6 is 23.1 Å². The first-order chi connectivity index (χ1) is 11.9. The molecule has 0 bridgehead atoms. The Labute approximate surface area is 156 Å². The lowest BCUT2D eigenvalue weighted by Crippen LogP contribution is -2.43. The highest BCUT2D eigenvalue weighted by atomic mass is 32.2. The van der Waals surface area contributed by atoms with Gasteiger partial charge in [0.25, 0.3) is 0 Å². The van der Waals surface area contributed by atoms with E-state index in [1.165, 1.54) is 23.1 Å². The number of aromatic nitrogens is 2. The fraction of sp³-hybridized carbons (Fsp3) is 0.471. The van der Waals surface area contributed by atoms with Gasteiger partial charge in [-0.1, -0.05) is 42.2 Å². The first-order valence-corrected chi connectivity index (χ1v) is 9.86. The highest BCUT2D eigenvalue weighted by molar-refractivity contribution is 8.01. The minimum Gasteiger partial charge on any atom is -0.497 e. The summed E-state index contributed by atoms with van der Waals surface area (Å²) >= 11 is 2.85. The van der Waals surface area contributed by atoms with Gasteiger partial charge in [0.1, 0.15) is 5.75 Å². The highest BCUT2D eigenvalue weighted by Gasteiger charge is 2.18. The third kappa shape index (κ3) is 6.55. The van der Waals surface area contributed by atoms with Crippen molar-refractivity contribution in [2.45, 2.75) is 43.6 Å². The molecule has 0 saturated carbocycles. The number of nitrogens with one attached hydrogen (secondary N) is 2. The van der Waals surface area contributed by atoms with Crippen LogP contribution in [0.3, 0.4) is 0 Å². The number of anilines is 1. The van der Waals surface area contributed by atoms with Crippen molar-refractivity contribution in [3.05, 3.63) is 29.8 Å². The Morgan fingerprint density at radius 2 is 2.00 bits per heavy atom. The van der Waals surface area contributed by atoms with Gasteiger partial charge in [0.2, 0.25) is 11.0 Å². The summed E-state index contributed by atoms with van der Waals surface area (Å²) in [7, 11) is 1.65. The molecule has 0 aliphatic carbocycles. The lowest BCUT2D eigenvalue weighted by molar-refractivity contribution is -0.120. The maximum absolute atomic E-state index is 12.0. The number of ether oxygens (including phenoxy) is 1. The van der Waals surface area contributed by atoms with Crippen molar-refractivity contribution in [1.82, 2.24) is 15.5 Å². The molecule has 0 aliphatic rings. The van der Waals surface area contributed by atoms with E-state index in [4.69, 9.17) is 4.74 Å². The zero-order chi connectivity index (χ0) is 18.3. The number of methoxy groups -OCH3 is 1. The Morgan fingerprint density at radius 3 is 2.64 bits per heavy atom. The average molecular weight is 381 g/mol. The molecule has 1 amide bonds. The Hall–Kier alpha value is -1.80. The monoisotopic (exact) mass is 380 g/mol. The van der Waals surface area contributed by atoms with E-state index in [2.05, 4.69) is 27.8 Å². The van der Waals surface area contributed by atoms with E-state index in [9.17, 15) is 4.79 Å². The van der Waals surface area contributed by atoms with Crippen molar-refractivity contribution < 1.29 is 9.53 Å². The van der Waals surface area contributed by atoms with E-state index >= 15 is 0 Å². The van der Waals surface area contributed by atoms with Gasteiger partial charge < -0.3 is 15.4 Å². The molecule has 2 aromatic rings. The second-order valence-corrected chi connectivity index (χ2v) is 8.35. The zero-order valence-corrected chi connectivity index (χ0v) is 16.6. The first kappa shape index (κ1) is 19.5. The predicted octanol–water partition coefficient (Wildman–Crippen LogP) is 3.56. The van der Waals surface area contributed by atoms with Gasteiger partial charge in [-0.25, -0.2) is 0 Å². The summed E-state index contributed by atoms with van der Waals surface area (Å²) in [6.07, 6.45) is 0.891. The number of carbonyl (C=O) groups excluding carboxylic acids is 1. The van der Waals surface area contributed by atoms with Crippen LogP contribution < -0.4 is 15.4 Å². The van der Waals surface area contributed by atoms with Gasteiger partial charge in [0.05, 0.1) is 12.9 Å². The SMILES string of the molecule is CCC(C)(C)NC(=O)CSc1nnc(NCc2ccc(OC)cc2)s1. The molecule has 0 fully saturated rings. The van der Waals surface area contributed by atoms with Gasteiger partial charge >= 0.3 is 0 Å². The van der Waals surface area contributed by atoms with E-state index in [0.29, 0.717) is 12.3 Å². The van der Waals surface area contributed by atoms with Gasteiger partial charge in [-0.3, -0.25) is 4.79 Å². The maximum Gasteiger partial charge on any atom is 0.230 e. The molecule has 1 aromatic carbocycles. The van der Waals surface area contributed by atoms with Crippen LogP contribution in [0.25, 0.3) is 0 Å².